The first-order chi connectivity index (χ1) is 9.22. The number of aromatic nitrogens is 2. The lowest BCUT2D eigenvalue weighted by Crippen LogP contribution is -2.47. The maximum Gasteiger partial charge on any atom is 0.323 e. The van der Waals surface area contributed by atoms with Crippen LogP contribution in [0.25, 0.3) is 11.0 Å². The number of piperazine rings is 1. The molecular formula is C13H19N5O. The molecule has 19 heavy (non-hydrogen) atoms. The molecule has 1 aliphatic rings. The number of nitrogens with one attached hydrogen (secondary N) is 3. The average molecular weight is 261 g/mol. The standard InChI is InChI=1S/C13H19N5O/c1-17(9-18-6-4-14-5-7-18)10-2-3-11-12(8-10)16-13(19)15-11/h2-3,8,14H,4-7,9H2,1H3,(H2,15,16,19). The van der Waals surface area contributed by atoms with Gasteiger partial charge in [0.2, 0.25) is 0 Å². The van der Waals surface area contributed by atoms with Gasteiger partial charge in [-0.25, -0.2) is 4.79 Å². The van der Waals surface area contributed by atoms with E-state index in [0.717, 1.165) is 49.6 Å². The summed E-state index contributed by atoms with van der Waals surface area (Å²) in [5.41, 5.74) is 2.66. The minimum absolute atomic E-state index is 0.156. The van der Waals surface area contributed by atoms with Crippen LogP contribution in [0.15, 0.2) is 23.0 Å². The number of hydrogen-bond acceptors (Lipinski definition) is 4. The number of fused-ring (bicyclic) bond motifs is 1. The van der Waals surface area contributed by atoms with E-state index in [2.05, 4.69) is 32.1 Å². The van der Waals surface area contributed by atoms with Crippen molar-refractivity contribution in [2.24, 2.45) is 0 Å². The zero-order valence-corrected chi connectivity index (χ0v) is 11.1. The van der Waals surface area contributed by atoms with Gasteiger partial charge in [-0.05, 0) is 18.2 Å². The van der Waals surface area contributed by atoms with E-state index < -0.39 is 0 Å². The summed E-state index contributed by atoms with van der Waals surface area (Å²) in [4.78, 5) is 21.4. The lowest BCUT2D eigenvalue weighted by atomic mass is 10.2. The Balaban J connectivity index is 1.76. The highest BCUT2D eigenvalue weighted by atomic mass is 16.1. The molecule has 0 saturated carbocycles. The number of imidazole rings is 1. The van der Waals surface area contributed by atoms with Crippen molar-refractivity contribution < 1.29 is 0 Å². The van der Waals surface area contributed by atoms with Gasteiger partial charge in [0.05, 0.1) is 17.7 Å². The Morgan fingerprint density at radius 3 is 2.74 bits per heavy atom. The molecule has 0 amide bonds. The van der Waals surface area contributed by atoms with Crippen molar-refractivity contribution in [3.8, 4) is 0 Å². The van der Waals surface area contributed by atoms with Gasteiger partial charge in [0, 0.05) is 38.9 Å². The van der Waals surface area contributed by atoms with Crippen LogP contribution in [0, 0.1) is 0 Å². The van der Waals surface area contributed by atoms with E-state index in [9.17, 15) is 4.79 Å². The predicted molar refractivity (Wildman–Crippen MR) is 76.6 cm³/mol. The van der Waals surface area contributed by atoms with Crippen molar-refractivity contribution in [1.82, 2.24) is 20.2 Å². The fourth-order valence-electron chi connectivity index (χ4n) is 2.49. The third kappa shape index (κ3) is 2.64. The number of aromatic amines is 2. The number of anilines is 1. The number of rotatable bonds is 3. The largest absolute Gasteiger partial charge is 0.362 e. The fourth-order valence-corrected chi connectivity index (χ4v) is 2.49. The van der Waals surface area contributed by atoms with Gasteiger partial charge in [-0.2, -0.15) is 0 Å². The van der Waals surface area contributed by atoms with Crippen LogP contribution in [-0.2, 0) is 0 Å². The number of hydrogen-bond donors (Lipinski definition) is 3. The third-order valence-electron chi connectivity index (χ3n) is 3.56. The lowest BCUT2D eigenvalue weighted by Gasteiger charge is -2.32. The zero-order chi connectivity index (χ0) is 13.2. The second kappa shape index (κ2) is 5.07. The molecule has 102 valence electrons. The van der Waals surface area contributed by atoms with Gasteiger partial charge in [-0.15, -0.1) is 0 Å². The Labute approximate surface area is 111 Å². The molecule has 1 saturated heterocycles. The topological polar surface area (TPSA) is 67.2 Å². The molecule has 3 N–H and O–H groups in total. The summed E-state index contributed by atoms with van der Waals surface area (Å²) < 4.78 is 0. The molecule has 0 radical (unpaired) electrons. The number of H-pyrrole nitrogens is 2. The Hall–Kier alpha value is -1.79. The Bertz CT molecular complexity index is 611. The smallest absolute Gasteiger partial charge is 0.323 e. The van der Waals surface area contributed by atoms with Gasteiger partial charge in [0.25, 0.3) is 0 Å². The average Bonchev–Trinajstić information content (AvgIpc) is 2.78. The SMILES string of the molecule is CN(CN1CCNCC1)c1ccc2[nH]c(=O)[nH]c2c1. The molecule has 2 aromatic rings. The summed E-state index contributed by atoms with van der Waals surface area (Å²) in [5.74, 6) is 0. The van der Waals surface area contributed by atoms with Crippen LogP contribution in [0.3, 0.4) is 0 Å². The van der Waals surface area contributed by atoms with Gasteiger partial charge >= 0.3 is 5.69 Å². The van der Waals surface area contributed by atoms with Gasteiger partial charge in [0.1, 0.15) is 0 Å². The first-order valence-electron chi connectivity index (χ1n) is 6.58. The van der Waals surface area contributed by atoms with Crippen molar-refractivity contribution in [3.63, 3.8) is 0 Å². The summed E-state index contributed by atoms with van der Waals surface area (Å²) in [6, 6.07) is 5.99. The molecular weight excluding hydrogens is 242 g/mol. The van der Waals surface area contributed by atoms with Gasteiger partial charge in [-0.1, -0.05) is 0 Å². The summed E-state index contributed by atoms with van der Waals surface area (Å²) in [6.07, 6.45) is 0. The highest BCUT2D eigenvalue weighted by Crippen LogP contribution is 2.18. The van der Waals surface area contributed by atoms with Crippen molar-refractivity contribution in [2.45, 2.75) is 0 Å². The molecule has 1 aromatic heterocycles. The maximum atomic E-state index is 11.2. The van der Waals surface area contributed by atoms with Crippen LogP contribution in [-0.4, -0.2) is 54.8 Å². The van der Waals surface area contributed by atoms with Gasteiger partial charge in [0.15, 0.2) is 0 Å². The van der Waals surface area contributed by atoms with Gasteiger partial charge in [-0.3, -0.25) is 4.90 Å². The highest BCUT2D eigenvalue weighted by Gasteiger charge is 2.12. The predicted octanol–water partition coefficient (Wildman–Crippen LogP) is 0.155. The quantitative estimate of drug-likeness (QED) is 0.736. The van der Waals surface area contributed by atoms with Crippen LogP contribution < -0.4 is 15.9 Å². The number of benzene rings is 1. The maximum absolute atomic E-state index is 11.2. The molecule has 1 aromatic carbocycles. The summed E-state index contributed by atoms with van der Waals surface area (Å²) >= 11 is 0. The molecule has 0 bridgehead atoms. The van der Waals surface area contributed by atoms with Crippen LogP contribution in [0.2, 0.25) is 0 Å². The molecule has 0 unspecified atom stereocenters. The molecule has 0 spiro atoms. The van der Waals surface area contributed by atoms with E-state index in [-0.39, 0.29) is 5.69 Å². The normalized spacial score (nSPS) is 16.9. The van der Waals surface area contributed by atoms with E-state index in [1.54, 1.807) is 0 Å². The van der Waals surface area contributed by atoms with Crippen LogP contribution in [0.4, 0.5) is 5.69 Å². The van der Waals surface area contributed by atoms with Crippen molar-refractivity contribution in [1.29, 1.82) is 0 Å². The highest BCUT2D eigenvalue weighted by molar-refractivity contribution is 5.78. The Morgan fingerprint density at radius 1 is 1.21 bits per heavy atom. The van der Waals surface area contributed by atoms with E-state index in [4.69, 9.17) is 0 Å². The van der Waals surface area contributed by atoms with Crippen LogP contribution in [0.5, 0.6) is 0 Å². The third-order valence-corrected chi connectivity index (χ3v) is 3.56. The van der Waals surface area contributed by atoms with Crippen molar-refractivity contribution in [2.75, 3.05) is 44.8 Å². The monoisotopic (exact) mass is 261 g/mol. The molecule has 0 atom stereocenters. The van der Waals surface area contributed by atoms with Crippen molar-refractivity contribution in [3.05, 3.63) is 28.7 Å². The first-order valence-corrected chi connectivity index (χ1v) is 6.58. The molecule has 0 aliphatic carbocycles. The second-order valence-electron chi connectivity index (χ2n) is 5.02. The molecule has 2 heterocycles. The molecule has 1 fully saturated rings. The molecule has 6 heteroatoms. The zero-order valence-electron chi connectivity index (χ0n) is 11.1. The summed E-state index contributed by atoms with van der Waals surface area (Å²) in [7, 11) is 2.08. The van der Waals surface area contributed by atoms with E-state index in [1.807, 2.05) is 18.2 Å². The number of nitrogens with zero attached hydrogens (tertiary/aromatic N) is 2. The van der Waals surface area contributed by atoms with E-state index in [0.29, 0.717) is 0 Å². The first kappa shape index (κ1) is 12.3. The lowest BCUT2D eigenvalue weighted by molar-refractivity contribution is 0.243. The fraction of sp³-hybridized carbons (Fsp3) is 0.462. The summed E-state index contributed by atoms with van der Waals surface area (Å²) in [5, 5.41) is 3.35. The van der Waals surface area contributed by atoms with Crippen LogP contribution in [0.1, 0.15) is 0 Å². The molecule has 1 aliphatic heterocycles. The minimum atomic E-state index is -0.156. The van der Waals surface area contributed by atoms with E-state index >= 15 is 0 Å². The van der Waals surface area contributed by atoms with Crippen molar-refractivity contribution >= 4 is 16.7 Å². The minimum Gasteiger partial charge on any atom is -0.362 e. The van der Waals surface area contributed by atoms with Gasteiger partial charge < -0.3 is 20.2 Å². The molecule has 3 rings (SSSR count). The Morgan fingerprint density at radius 2 is 1.95 bits per heavy atom. The van der Waals surface area contributed by atoms with Crippen LogP contribution >= 0.6 is 0 Å². The molecule has 6 nitrogen and oxygen atoms in total. The second-order valence-corrected chi connectivity index (χ2v) is 5.02. The van der Waals surface area contributed by atoms with E-state index in [1.165, 1.54) is 0 Å². The Kier molecular flexibility index (Phi) is 3.27. The summed E-state index contributed by atoms with van der Waals surface area (Å²) in [6.45, 7) is 5.17.